The van der Waals surface area contributed by atoms with Gasteiger partial charge in [-0.15, -0.1) is 0 Å². The van der Waals surface area contributed by atoms with Crippen LogP contribution >= 0.6 is 0 Å². The monoisotopic (exact) mass is 236 g/mol. The first-order valence-corrected chi connectivity index (χ1v) is 5.06. The molecule has 0 aromatic rings. The molecule has 0 aromatic heterocycles. The maximum Gasteiger partial charge on any atom is 0.353 e. The third kappa shape index (κ3) is 1.71. The van der Waals surface area contributed by atoms with Crippen LogP contribution < -0.4 is 5.32 Å². The van der Waals surface area contributed by atoms with Crippen LogP contribution in [0.3, 0.4) is 0 Å². The van der Waals surface area contributed by atoms with Crippen LogP contribution in [0.15, 0.2) is 23.9 Å². The van der Waals surface area contributed by atoms with Crippen LogP contribution in [-0.2, 0) is 0 Å². The molecule has 1 N–H and O–H groups in total. The van der Waals surface area contributed by atoms with E-state index in [1.165, 1.54) is 4.90 Å². The predicted octanol–water partition coefficient (Wildman–Crippen LogP) is 1.62. The molecule has 6 heteroatoms. The highest BCUT2D eigenvalue weighted by atomic mass is 19.3. The summed E-state index contributed by atoms with van der Waals surface area (Å²) in [4.78, 5) is 1.31. The van der Waals surface area contributed by atoms with Gasteiger partial charge in [0.25, 0.3) is 0 Å². The fourth-order valence-corrected chi connectivity index (χ4v) is 1.85. The third-order valence-electron chi connectivity index (χ3n) is 2.76. The van der Waals surface area contributed by atoms with Crippen molar-refractivity contribution in [3.63, 3.8) is 0 Å². The fraction of sp³-hybridized carbons (Fsp3) is 0.600. The Morgan fingerprint density at radius 3 is 2.38 bits per heavy atom. The Morgan fingerprint density at radius 2 is 1.75 bits per heavy atom. The molecule has 0 radical (unpaired) electrons. The Hall–Kier alpha value is -1.04. The summed E-state index contributed by atoms with van der Waals surface area (Å²) in [5.74, 6) is -8.21. The van der Waals surface area contributed by atoms with E-state index < -0.39 is 17.5 Å². The molecular formula is C10H12F4N2. The van der Waals surface area contributed by atoms with E-state index in [9.17, 15) is 17.6 Å². The molecule has 0 unspecified atom stereocenters. The van der Waals surface area contributed by atoms with E-state index in [-0.39, 0.29) is 6.08 Å². The van der Waals surface area contributed by atoms with Crippen molar-refractivity contribution in [2.45, 2.75) is 11.8 Å². The highest BCUT2D eigenvalue weighted by molar-refractivity contribution is 5.31. The number of hydrogen-bond donors (Lipinski definition) is 1. The summed E-state index contributed by atoms with van der Waals surface area (Å²) in [5, 5.41) is 2.98. The number of halogens is 4. The van der Waals surface area contributed by atoms with Crippen molar-refractivity contribution in [3.05, 3.63) is 23.9 Å². The molecule has 1 aliphatic carbocycles. The number of allylic oxidation sites excluding steroid dienone is 4. The lowest BCUT2D eigenvalue weighted by Gasteiger charge is -2.38. The van der Waals surface area contributed by atoms with E-state index in [4.69, 9.17) is 0 Å². The first kappa shape index (κ1) is 11.4. The minimum atomic E-state index is -4.11. The molecule has 1 saturated heterocycles. The highest BCUT2D eigenvalue weighted by Gasteiger charge is 2.59. The van der Waals surface area contributed by atoms with Gasteiger partial charge in [-0.3, -0.25) is 0 Å². The Balaban J connectivity index is 2.26. The maximum absolute atomic E-state index is 13.5. The van der Waals surface area contributed by atoms with Crippen molar-refractivity contribution >= 4 is 0 Å². The Kier molecular flexibility index (Phi) is 2.69. The van der Waals surface area contributed by atoms with Gasteiger partial charge in [0, 0.05) is 26.2 Å². The lowest BCUT2D eigenvalue weighted by molar-refractivity contribution is -0.167. The Morgan fingerprint density at radius 1 is 1.12 bits per heavy atom. The SMILES string of the molecule is FC1(F)C=CC=C(N2CCNCC2)C1(F)F. The van der Waals surface area contributed by atoms with Crippen LogP contribution in [0, 0.1) is 0 Å². The van der Waals surface area contributed by atoms with Crippen molar-refractivity contribution in [3.8, 4) is 0 Å². The summed E-state index contributed by atoms with van der Waals surface area (Å²) in [6.45, 7) is 1.71. The molecule has 0 spiro atoms. The topological polar surface area (TPSA) is 15.3 Å². The summed E-state index contributed by atoms with van der Waals surface area (Å²) in [6, 6.07) is 0. The molecule has 16 heavy (non-hydrogen) atoms. The molecule has 2 rings (SSSR count). The standard InChI is InChI=1S/C10H12F4N2/c11-9(12)3-1-2-8(10(9,13)14)16-6-4-15-5-7-16/h1-3,15H,4-7H2. The number of piperazine rings is 1. The third-order valence-corrected chi connectivity index (χ3v) is 2.76. The molecule has 0 amide bonds. The Bertz CT molecular complexity index is 330. The van der Waals surface area contributed by atoms with Crippen LogP contribution in [0.5, 0.6) is 0 Å². The van der Waals surface area contributed by atoms with Crippen molar-refractivity contribution in [1.29, 1.82) is 0 Å². The average molecular weight is 236 g/mol. The van der Waals surface area contributed by atoms with Crippen LogP contribution in [0.1, 0.15) is 0 Å². The molecule has 0 aromatic carbocycles. The van der Waals surface area contributed by atoms with E-state index in [0.717, 1.165) is 12.2 Å². The molecule has 2 nitrogen and oxygen atoms in total. The van der Waals surface area contributed by atoms with Gasteiger partial charge in [0.1, 0.15) is 0 Å². The fourth-order valence-electron chi connectivity index (χ4n) is 1.85. The first-order chi connectivity index (χ1) is 7.45. The number of nitrogens with one attached hydrogen (secondary N) is 1. The second kappa shape index (κ2) is 3.76. The van der Waals surface area contributed by atoms with Crippen LogP contribution in [0.2, 0.25) is 0 Å². The van der Waals surface area contributed by atoms with Gasteiger partial charge < -0.3 is 10.2 Å². The van der Waals surface area contributed by atoms with Gasteiger partial charge in [-0.2, -0.15) is 17.6 Å². The smallest absolute Gasteiger partial charge is 0.353 e. The minimum absolute atomic E-state index is 0.249. The maximum atomic E-state index is 13.5. The normalized spacial score (nSPS) is 27.8. The lowest BCUT2D eigenvalue weighted by atomic mass is 10.0. The van der Waals surface area contributed by atoms with Gasteiger partial charge in [-0.25, -0.2) is 0 Å². The van der Waals surface area contributed by atoms with E-state index >= 15 is 0 Å². The zero-order chi connectivity index (χ0) is 11.8. The number of alkyl halides is 4. The molecule has 0 saturated carbocycles. The first-order valence-electron chi connectivity index (χ1n) is 5.06. The van der Waals surface area contributed by atoms with Crippen molar-refractivity contribution in [2.24, 2.45) is 0 Å². The van der Waals surface area contributed by atoms with Gasteiger partial charge in [-0.1, -0.05) is 6.08 Å². The van der Waals surface area contributed by atoms with E-state index in [1.54, 1.807) is 0 Å². The van der Waals surface area contributed by atoms with Crippen LogP contribution in [0.25, 0.3) is 0 Å². The zero-order valence-corrected chi connectivity index (χ0v) is 8.52. The summed E-state index contributed by atoms with van der Waals surface area (Å²) in [5.41, 5.74) is -0.582. The number of nitrogens with zero attached hydrogens (tertiary/aromatic N) is 1. The van der Waals surface area contributed by atoms with Crippen molar-refractivity contribution < 1.29 is 17.6 Å². The molecule has 0 atom stereocenters. The van der Waals surface area contributed by atoms with E-state index in [1.807, 2.05) is 0 Å². The predicted molar refractivity (Wildman–Crippen MR) is 51.6 cm³/mol. The largest absolute Gasteiger partial charge is 0.367 e. The van der Waals surface area contributed by atoms with Crippen LogP contribution in [-0.4, -0.2) is 42.9 Å². The summed E-state index contributed by atoms with van der Waals surface area (Å²) in [7, 11) is 0. The number of hydrogen-bond acceptors (Lipinski definition) is 2. The van der Waals surface area contributed by atoms with Gasteiger partial charge >= 0.3 is 11.8 Å². The van der Waals surface area contributed by atoms with Gasteiger partial charge in [0.15, 0.2) is 0 Å². The second-order valence-corrected chi connectivity index (χ2v) is 3.85. The molecule has 0 bridgehead atoms. The molecule has 1 aliphatic heterocycles. The van der Waals surface area contributed by atoms with Crippen LogP contribution in [0.4, 0.5) is 17.6 Å². The van der Waals surface area contributed by atoms with Crippen molar-refractivity contribution in [2.75, 3.05) is 26.2 Å². The molecule has 1 heterocycles. The summed E-state index contributed by atoms with van der Waals surface area (Å²) >= 11 is 0. The van der Waals surface area contributed by atoms with E-state index in [0.29, 0.717) is 26.2 Å². The highest BCUT2D eigenvalue weighted by Crippen LogP contribution is 2.44. The Labute approximate surface area is 90.6 Å². The summed E-state index contributed by atoms with van der Waals surface area (Å²) < 4.78 is 53.1. The van der Waals surface area contributed by atoms with Gasteiger partial charge in [0.2, 0.25) is 0 Å². The zero-order valence-electron chi connectivity index (χ0n) is 8.52. The molecule has 90 valence electrons. The van der Waals surface area contributed by atoms with Gasteiger partial charge in [-0.05, 0) is 12.2 Å². The second-order valence-electron chi connectivity index (χ2n) is 3.85. The minimum Gasteiger partial charge on any atom is -0.367 e. The molecular weight excluding hydrogens is 224 g/mol. The van der Waals surface area contributed by atoms with E-state index in [2.05, 4.69) is 5.32 Å². The summed E-state index contributed by atoms with van der Waals surface area (Å²) in [6.07, 6.45) is 2.32. The van der Waals surface area contributed by atoms with Gasteiger partial charge in [0.05, 0.1) is 5.70 Å². The average Bonchev–Trinajstić information content (AvgIpc) is 2.23. The quantitative estimate of drug-likeness (QED) is 0.696. The van der Waals surface area contributed by atoms with Crippen molar-refractivity contribution in [1.82, 2.24) is 10.2 Å². The number of rotatable bonds is 1. The molecule has 2 aliphatic rings. The lowest BCUT2D eigenvalue weighted by Crippen LogP contribution is -2.52. The molecule has 1 fully saturated rings.